The third-order valence-corrected chi connectivity index (χ3v) is 6.21. The third kappa shape index (κ3) is 2.50. The van der Waals surface area contributed by atoms with Gasteiger partial charge in [-0.3, -0.25) is 0 Å². The van der Waals surface area contributed by atoms with Gasteiger partial charge in [0.05, 0.1) is 0 Å². The lowest BCUT2D eigenvalue weighted by atomic mass is 9.60. The highest BCUT2D eigenvalue weighted by Gasteiger charge is 2.47. The summed E-state index contributed by atoms with van der Waals surface area (Å²) in [6, 6.07) is 3.65. The molecule has 2 saturated carbocycles. The van der Waals surface area contributed by atoms with Crippen LogP contribution in [0.5, 0.6) is 0 Å². The zero-order valence-electron chi connectivity index (χ0n) is 11.0. The first-order chi connectivity index (χ1) is 9.20. The summed E-state index contributed by atoms with van der Waals surface area (Å²) in [7, 11) is 0. The van der Waals surface area contributed by atoms with Gasteiger partial charge in [0.25, 0.3) is 0 Å². The van der Waals surface area contributed by atoms with E-state index >= 15 is 0 Å². The summed E-state index contributed by atoms with van der Waals surface area (Å²) < 4.78 is 0. The van der Waals surface area contributed by atoms with Crippen molar-refractivity contribution in [2.24, 2.45) is 5.41 Å². The van der Waals surface area contributed by atoms with Gasteiger partial charge in [-0.1, -0.05) is 19.3 Å². The van der Waals surface area contributed by atoms with E-state index in [2.05, 4.69) is 4.98 Å². The van der Waals surface area contributed by atoms with Gasteiger partial charge in [0.15, 0.2) is 0 Å². The summed E-state index contributed by atoms with van der Waals surface area (Å²) in [5, 5.41) is 9.66. The Morgan fingerprint density at radius 3 is 2.74 bits per heavy atom. The van der Waals surface area contributed by atoms with Gasteiger partial charge in [0, 0.05) is 16.3 Å². The lowest BCUT2D eigenvalue weighted by molar-refractivity contribution is 0.0690. The van der Waals surface area contributed by atoms with Crippen molar-refractivity contribution in [1.82, 2.24) is 4.98 Å². The Hall–Kier alpha value is -1.03. The molecule has 1 heterocycles. The molecule has 2 aliphatic carbocycles. The standard InChI is InChI=1S/C15H19NO2S/c17-14(18)12-10-11(5-9-16-12)19-13-4-8-15(13)6-2-1-3-7-15/h5,9-10,13H,1-4,6-8H2,(H,17,18). The third-order valence-electron chi connectivity index (χ3n) is 4.67. The number of hydrogen-bond donors (Lipinski definition) is 1. The van der Waals surface area contributed by atoms with Gasteiger partial charge < -0.3 is 5.11 Å². The minimum atomic E-state index is -0.941. The van der Waals surface area contributed by atoms with E-state index in [1.165, 1.54) is 44.9 Å². The number of nitrogens with zero attached hydrogens (tertiary/aromatic N) is 1. The van der Waals surface area contributed by atoms with Crippen LogP contribution in [-0.2, 0) is 0 Å². The fourth-order valence-corrected chi connectivity index (χ4v) is 4.93. The van der Waals surface area contributed by atoms with Crippen molar-refractivity contribution in [2.75, 3.05) is 0 Å². The Balaban J connectivity index is 1.71. The lowest BCUT2D eigenvalue weighted by Crippen LogP contribution is -2.44. The molecule has 1 spiro atoms. The van der Waals surface area contributed by atoms with Crippen LogP contribution < -0.4 is 0 Å². The fourth-order valence-electron chi connectivity index (χ4n) is 3.45. The Bertz CT molecular complexity index is 483. The van der Waals surface area contributed by atoms with Gasteiger partial charge in [-0.15, -0.1) is 11.8 Å². The minimum absolute atomic E-state index is 0.155. The number of hydrogen-bond acceptors (Lipinski definition) is 3. The summed E-state index contributed by atoms with van der Waals surface area (Å²) in [6.07, 6.45) is 11.1. The van der Waals surface area contributed by atoms with E-state index in [1.807, 2.05) is 17.8 Å². The molecule has 1 unspecified atom stereocenters. The van der Waals surface area contributed by atoms with Gasteiger partial charge in [0.2, 0.25) is 0 Å². The summed E-state index contributed by atoms with van der Waals surface area (Å²) in [5.74, 6) is -0.941. The van der Waals surface area contributed by atoms with Gasteiger partial charge in [-0.25, -0.2) is 9.78 Å². The molecule has 102 valence electrons. The summed E-state index contributed by atoms with van der Waals surface area (Å²) in [4.78, 5) is 15.9. The molecule has 0 radical (unpaired) electrons. The maximum absolute atomic E-state index is 10.9. The van der Waals surface area contributed by atoms with E-state index in [9.17, 15) is 4.79 Å². The van der Waals surface area contributed by atoms with Crippen LogP contribution in [0.25, 0.3) is 0 Å². The van der Waals surface area contributed by atoms with E-state index in [-0.39, 0.29) is 5.69 Å². The predicted octanol–water partition coefficient (Wildman–Crippen LogP) is 3.98. The molecule has 1 N–H and O–H groups in total. The van der Waals surface area contributed by atoms with E-state index in [1.54, 1.807) is 12.3 Å². The van der Waals surface area contributed by atoms with Crippen LogP contribution in [0.2, 0.25) is 0 Å². The zero-order valence-corrected chi connectivity index (χ0v) is 11.8. The number of pyridine rings is 1. The number of carbonyl (C=O) groups is 1. The second-order valence-electron chi connectivity index (χ2n) is 5.75. The van der Waals surface area contributed by atoms with Crippen LogP contribution in [0.1, 0.15) is 55.4 Å². The van der Waals surface area contributed by atoms with Crippen LogP contribution in [0.3, 0.4) is 0 Å². The molecule has 3 nitrogen and oxygen atoms in total. The van der Waals surface area contributed by atoms with Crippen molar-refractivity contribution < 1.29 is 9.90 Å². The van der Waals surface area contributed by atoms with Gasteiger partial charge in [0.1, 0.15) is 5.69 Å². The Labute approximate surface area is 117 Å². The van der Waals surface area contributed by atoms with Crippen LogP contribution >= 0.6 is 11.8 Å². The Kier molecular flexibility index (Phi) is 3.52. The lowest BCUT2D eigenvalue weighted by Gasteiger charge is -2.52. The highest BCUT2D eigenvalue weighted by Crippen LogP contribution is 2.57. The molecule has 2 fully saturated rings. The molecular formula is C15H19NO2S. The summed E-state index contributed by atoms with van der Waals surface area (Å²) in [5.41, 5.74) is 0.706. The summed E-state index contributed by atoms with van der Waals surface area (Å²) >= 11 is 1.86. The second kappa shape index (κ2) is 5.16. The molecule has 0 amide bonds. The SMILES string of the molecule is O=C(O)c1cc(SC2CCC23CCCCC3)ccn1. The molecule has 0 aliphatic heterocycles. The monoisotopic (exact) mass is 277 g/mol. The van der Waals surface area contributed by atoms with E-state index in [4.69, 9.17) is 5.11 Å². The number of aromatic nitrogens is 1. The Morgan fingerprint density at radius 1 is 1.32 bits per heavy atom. The van der Waals surface area contributed by atoms with Crippen molar-refractivity contribution in [3.8, 4) is 0 Å². The topological polar surface area (TPSA) is 50.2 Å². The van der Waals surface area contributed by atoms with Gasteiger partial charge >= 0.3 is 5.97 Å². The molecule has 19 heavy (non-hydrogen) atoms. The van der Waals surface area contributed by atoms with Crippen LogP contribution in [0.15, 0.2) is 23.2 Å². The van der Waals surface area contributed by atoms with Crippen molar-refractivity contribution in [3.63, 3.8) is 0 Å². The van der Waals surface area contributed by atoms with Crippen LogP contribution in [-0.4, -0.2) is 21.3 Å². The highest BCUT2D eigenvalue weighted by atomic mass is 32.2. The van der Waals surface area contributed by atoms with Crippen molar-refractivity contribution in [2.45, 2.75) is 55.1 Å². The first kappa shape index (κ1) is 13.0. The molecule has 0 saturated heterocycles. The highest BCUT2D eigenvalue weighted by molar-refractivity contribution is 8.00. The zero-order chi connectivity index (χ0) is 13.3. The second-order valence-corrected chi connectivity index (χ2v) is 7.03. The van der Waals surface area contributed by atoms with Crippen molar-refractivity contribution in [1.29, 1.82) is 0 Å². The minimum Gasteiger partial charge on any atom is -0.477 e. The smallest absolute Gasteiger partial charge is 0.354 e. The Morgan fingerprint density at radius 2 is 2.11 bits per heavy atom. The molecule has 1 aromatic heterocycles. The first-order valence-corrected chi connectivity index (χ1v) is 7.94. The number of carboxylic acids is 1. The molecule has 0 aromatic carbocycles. The molecule has 1 aromatic rings. The van der Waals surface area contributed by atoms with E-state index in [0.29, 0.717) is 10.7 Å². The maximum atomic E-state index is 10.9. The first-order valence-electron chi connectivity index (χ1n) is 7.06. The van der Waals surface area contributed by atoms with Crippen LogP contribution in [0, 0.1) is 5.41 Å². The van der Waals surface area contributed by atoms with Crippen molar-refractivity contribution in [3.05, 3.63) is 24.0 Å². The molecule has 2 aliphatic rings. The average Bonchev–Trinajstić information content (AvgIpc) is 2.45. The molecule has 4 heteroatoms. The number of carboxylic acid groups (broad SMARTS) is 1. The molecule has 3 rings (SSSR count). The average molecular weight is 277 g/mol. The quantitative estimate of drug-likeness (QED) is 0.907. The predicted molar refractivity (Wildman–Crippen MR) is 75.6 cm³/mol. The van der Waals surface area contributed by atoms with E-state index < -0.39 is 5.97 Å². The van der Waals surface area contributed by atoms with Crippen LogP contribution in [0.4, 0.5) is 0 Å². The van der Waals surface area contributed by atoms with E-state index in [0.717, 1.165) is 4.90 Å². The molecular weight excluding hydrogens is 258 g/mol. The van der Waals surface area contributed by atoms with Gasteiger partial charge in [-0.05, 0) is 43.2 Å². The number of rotatable bonds is 3. The van der Waals surface area contributed by atoms with Crippen molar-refractivity contribution >= 4 is 17.7 Å². The summed E-state index contributed by atoms with van der Waals surface area (Å²) in [6.45, 7) is 0. The maximum Gasteiger partial charge on any atom is 0.354 e. The number of thioether (sulfide) groups is 1. The largest absolute Gasteiger partial charge is 0.477 e. The molecule has 0 bridgehead atoms. The number of aromatic carboxylic acids is 1. The molecule has 1 atom stereocenters. The normalized spacial score (nSPS) is 24.9. The fraction of sp³-hybridized carbons (Fsp3) is 0.600. The van der Waals surface area contributed by atoms with Gasteiger partial charge in [-0.2, -0.15) is 0 Å².